The van der Waals surface area contributed by atoms with Gasteiger partial charge in [-0.3, -0.25) is 19.6 Å². The molecule has 0 fully saturated rings. The molecule has 7 nitrogen and oxygen atoms in total. The molecule has 7 heteroatoms. The Hall–Kier alpha value is -2.64. The predicted molar refractivity (Wildman–Crippen MR) is 133 cm³/mol. The Kier molecular flexibility index (Phi) is 11.9. The lowest BCUT2D eigenvalue weighted by Crippen LogP contribution is -2.44. The molecule has 0 saturated carbocycles. The van der Waals surface area contributed by atoms with Crippen LogP contribution in [0.4, 0.5) is 0 Å². The topological polar surface area (TPSA) is 104 Å². The van der Waals surface area contributed by atoms with Gasteiger partial charge in [0.15, 0.2) is 6.29 Å². The van der Waals surface area contributed by atoms with E-state index in [1.807, 2.05) is 58.0 Å². The van der Waals surface area contributed by atoms with Crippen LogP contribution in [0.2, 0.25) is 0 Å². The Labute approximate surface area is 198 Å². The molecule has 0 amide bonds. The lowest BCUT2D eigenvalue weighted by atomic mass is 9.86. The average molecular weight is 457 g/mol. The molecule has 0 saturated heterocycles. The molecule has 182 valence electrons. The quantitative estimate of drug-likeness (QED) is 0.366. The third-order valence-electron chi connectivity index (χ3n) is 5.38. The second kappa shape index (κ2) is 13.8. The average Bonchev–Trinajstić information content (AvgIpc) is 2.75. The number of hydrogen-bond donors (Lipinski definition) is 3. The van der Waals surface area contributed by atoms with Gasteiger partial charge in [0.1, 0.15) is 11.7 Å². The van der Waals surface area contributed by atoms with Crippen molar-refractivity contribution >= 4 is 12.3 Å². The number of carboxylic acid groups (broad SMARTS) is 1. The minimum atomic E-state index is -0.778. The number of aromatic nitrogens is 2. The number of carbonyl (C=O) groups is 2. The number of aldehydes is 1. The van der Waals surface area contributed by atoms with Crippen LogP contribution in [0.1, 0.15) is 74.2 Å². The lowest BCUT2D eigenvalue weighted by molar-refractivity contribution is -0.140. The van der Waals surface area contributed by atoms with Crippen molar-refractivity contribution in [2.24, 2.45) is 5.92 Å². The van der Waals surface area contributed by atoms with Gasteiger partial charge >= 0.3 is 5.97 Å². The van der Waals surface area contributed by atoms with E-state index in [4.69, 9.17) is 5.11 Å². The van der Waals surface area contributed by atoms with Gasteiger partial charge in [-0.15, -0.1) is 0 Å². The molecule has 2 aromatic rings. The van der Waals surface area contributed by atoms with Gasteiger partial charge in [-0.1, -0.05) is 53.2 Å². The number of hydrogen-bond acceptors (Lipinski definition) is 6. The largest absolute Gasteiger partial charge is 0.480 e. The third-order valence-corrected chi connectivity index (χ3v) is 5.38. The van der Waals surface area contributed by atoms with Crippen LogP contribution in [-0.2, 0) is 16.8 Å². The highest BCUT2D eigenvalue weighted by Gasteiger charge is 2.22. The molecular weight excluding hydrogens is 416 g/mol. The molecular formula is C26H40N4O3. The first-order chi connectivity index (χ1) is 15.5. The smallest absolute Gasteiger partial charge is 0.320 e. The number of rotatable bonds is 10. The van der Waals surface area contributed by atoms with Crippen molar-refractivity contribution in [3.05, 3.63) is 58.7 Å². The minimum absolute atomic E-state index is 0.0169. The van der Waals surface area contributed by atoms with Crippen molar-refractivity contribution < 1.29 is 14.7 Å². The summed E-state index contributed by atoms with van der Waals surface area (Å²) in [5.41, 5.74) is 4.44. The normalized spacial score (nSPS) is 12.9. The van der Waals surface area contributed by atoms with Crippen molar-refractivity contribution in [3.8, 4) is 0 Å². The summed E-state index contributed by atoms with van der Waals surface area (Å²) in [6.07, 6.45) is 1.68. The zero-order chi connectivity index (χ0) is 25.0. The van der Waals surface area contributed by atoms with Crippen LogP contribution in [0.3, 0.4) is 0 Å². The van der Waals surface area contributed by atoms with Crippen molar-refractivity contribution in [1.29, 1.82) is 0 Å². The fraction of sp³-hybridized carbons (Fsp3) is 0.538. The van der Waals surface area contributed by atoms with Crippen LogP contribution in [0.5, 0.6) is 0 Å². The number of pyridine rings is 2. The zero-order valence-corrected chi connectivity index (χ0v) is 21.1. The summed E-state index contributed by atoms with van der Waals surface area (Å²) in [6.45, 7) is 16.1. The molecule has 3 N–H and O–H groups in total. The molecule has 2 rings (SSSR count). The number of carbonyl (C=O) groups excluding carboxylic acids is 1. The predicted octanol–water partition coefficient (Wildman–Crippen LogP) is 4.07. The highest BCUT2D eigenvalue weighted by Crippen LogP contribution is 2.23. The van der Waals surface area contributed by atoms with Gasteiger partial charge in [0.2, 0.25) is 0 Å². The summed E-state index contributed by atoms with van der Waals surface area (Å²) < 4.78 is 0. The second-order valence-electron chi connectivity index (χ2n) is 9.36. The first kappa shape index (κ1) is 28.4. The van der Waals surface area contributed by atoms with Crippen LogP contribution in [0, 0.1) is 19.8 Å². The first-order valence-corrected chi connectivity index (χ1v) is 11.5. The van der Waals surface area contributed by atoms with Gasteiger partial charge in [0, 0.05) is 31.0 Å². The van der Waals surface area contributed by atoms with Gasteiger partial charge in [-0.25, -0.2) is 0 Å². The fourth-order valence-electron chi connectivity index (χ4n) is 3.30. The van der Waals surface area contributed by atoms with Crippen LogP contribution < -0.4 is 10.6 Å². The molecule has 33 heavy (non-hydrogen) atoms. The third kappa shape index (κ3) is 10.2. The van der Waals surface area contributed by atoms with Crippen molar-refractivity contribution in [1.82, 2.24) is 20.6 Å². The molecule has 2 heterocycles. The number of nitrogens with one attached hydrogen (secondary N) is 2. The molecule has 0 aliphatic rings. The number of aliphatic carboxylic acids is 1. The summed E-state index contributed by atoms with van der Waals surface area (Å²) in [5.74, 6) is -0.648. The highest BCUT2D eigenvalue weighted by molar-refractivity contribution is 5.75. The van der Waals surface area contributed by atoms with E-state index in [2.05, 4.69) is 41.4 Å². The van der Waals surface area contributed by atoms with E-state index in [0.29, 0.717) is 18.8 Å². The van der Waals surface area contributed by atoms with E-state index >= 15 is 0 Å². The van der Waals surface area contributed by atoms with E-state index < -0.39 is 12.0 Å². The van der Waals surface area contributed by atoms with Crippen LogP contribution in [0.25, 0.3) is 0 Å². The molecule has 0 unspecified atom stereocenters. The van der Waals surface area contributed by atoms with Gasteiger partial charge in [-0.05, 0) is 48.9 Å². The first-order valence-electron chi connectivity index (χ1n) is 11.5. The summed E-state index contributed by atoms with van der Waals surface area (Å²) in [4.78, 5) is 30.5. The standard InChI is InChI=1S/C15H25N3O2.C11H15NO/c1-4-11(2)14(15(19)20)17-9-8-16-10-13-7-5-6-12(3)18-13;1-8-5-6-9(11(2,3)4)10(7-13)12-8/h5-7,11,14,16-17H,4,8-10H2,1-3H3,(H,19,20);5-7H,1-4H3/t11-,14-;/m0./s1. The molecule has 2 aromatic heterocycles. The Morgan fingerprint density at radius 1 is 1.09 bits per heavy atom. The van der Waals surface area contributed by atoms with Gasteiger partial charge < -0.3 is 15.7 Å². The van der Waals surface area contributed by atoms with E-state index in [1.165, 1.54) is 0 Å². The SMILES string of the molecule is CC[C@H](C)[C@H](NCCNCc1cccc(C)n1)C(=O)O.Cc1ccc(C(C)(C)C)c(C=O)n1. The maximum absolute atomic E-state index is 11.1. The van der Waals surface area contributed by atoms with Crippen molar-refractivity contribution in [3.63, 3.8) is 0 Å². The van der Waals surface area contributed by atoms with Crippen molar-refractivity contribution in [2.75, 3.05) is 13.1 Å². The molecule has 0 bridgehead atoms. The summed E-state index contributed by atoms with van der Waals surface area (Å²) in [6, 6.07) is 9.38. The molecule has 0 aliphatic carbocycles. The maximum Gasteiger partial charge on any atom is 0.320 e. The van der Waals surface area contributed by atoms with E-state index in [0.717, 1.165) is 41.9 Å². The van der Waals surface area contributed by atoms with E-state index in [9.17, 15) is 9.59 Å². The Morgan fingerprint density at radius 2 is 1.76 bits per heavy atom. The summed E-state index contributed by atoms with van der Waals surface area (Å²) in [7, 11) is 0. The summed E-state index contributed by atoms with van der Waals surface area (Å²) in [5, 5.41) is 15.5. The molecule has 0 radical (unpaired) electrons. The molecule has 0 spiro atoms. The minimum Gasteiger partial charge on any atom is -0.480 e. The summed E-state index contributed by atoms with van der Waals surface area (Å²) >= 11 is 0. The highest BCUT2D eigenvalue weighted by atomic mass is 16.4. The molecule has 2 atom stereocenters. The number of carboxylic acids is 1. The van der Waals surface area contributed by atoms with Crippen molar-refractivity contribution in [2.45, 2.75) is 72.9 Å². The number of aryl methyl sites for hydroxylation is 2. The van der Waals surface area contributed by atoms with Crippen LogP contribution in [-0.4, -0.2) is 46.5 Å². The maximum atomic E-state index is 11.1. The van der Waals surface area contributed by atoms with E-state index in [-0.39, 0.29) is 11.3 Å². The van der Waals surface area contributed by atoms with E-state index in [1.54, 1.807) is 0 Å². The van der Waals surface area contributed by atoms with Crippen LogP contribution in [0.15, 0.2) is 30.3 Å². The lowest BCUT2D eigenvalue weighted by Gasteiger charge is -2.20. The monoisotopic (exact) mass is 456 g/mol. The number of nitrogens with zero attached hydrogens (tertiary/aromatic N) is 2. The Bertz CT molecular complexity index is 893. The van der Waals surface area contributed by atoms with Gasteiger partial charge in [-0.2, -0.15) is 0 Å². The van der Waals surface area contributed by atoms with Gasteiger partial charge in [0.05, 0.1) is 5.69 Å². The molecule has 0 aliphatic heterocycles. The Morgan fingerprint density at radius 3 is 2.30 bits per heavy atom. The zero-order valence-electron chi connectivity index (χ0n) is 21.1. The van der Waals surface area contributed by atoms with Gasteiger partial charge in [0.25, 0.3) is 0 Å². The second-order valence-corrected chi connectivity index (χ2v) is 9.36. The Balaban J connectivity index is 0.000000361. The molecule has 0 aromatic carbocycles. The van der Waals surface area contributed by atoms with Crippen LogP contribution >= 0.6 is 0 Å². The fourth-order valence-corrected chi connectivity index (χ4v) is 3.30.